The van der Waals surface area contributed by atoms with Gasteiger partial charge in [-0.3, -0.25) is 0 Å². The van der Waals surface area contributed by atoms with Crippen LogP contribution in [0.3, 0.4) is 0 Å². The lowest BCUT2D eigenvalue weighted by atomic mass is 10.3. The lowest BCUT2D eigenvalue weighted by Gasteiger charge is -2.21. The number of hydrogen-bond acceptors (Lipinski definition) is 8. The summed E-state index contributed by atoms with van der Waals surface area (Å²) in [5.41, 5.74) is 0. The van der Waals surface area contributed by atoms with Crippen molar-refractivity contribution in [1.82, 2.24) is 0 Å². The molecule has 0 aliphatic carbocycles. The van der Waals surface area contributed by atoms with Crippen LogP contribution in [0.4, 0.5) is 0 Å². The molecule has 3 rings (SSSR count). The van der Waals surface area contributed by atoms with Crippen LogP contribution in [0, 0.1) is 0 Å². The van der Waals surface area contributed by atoms with Crippen LogP contribution in [0.2, 0.25) is 0 Å². The molecule has 0 amide bonds. The molecule has 0 N–H and O–H groups in total. The van der Waals surface area contributed by atoms with E-state index < -0.39 is 18.7 Å². The van der Waals surface area contributed by atoms with E-state index in [1.54, 1.807) is 24.3 Å². The normalized spacial score (nSPS) is 16.1. The number of carbonyl (C=O) groups excluding carboxylic acids is 1. The summed E-state index contributed by atoms with van der Waals surface area (Å²) >= 11 is 0. The number of para-hydroxylation sites is 4. The van der Waals surface area contributed by atoms with Gasteiger partial charge >= 0.3 is 0 Å². The van der Waals surface area contributed by atoms with E-state index in [9.17, 15) is 9.90 Å². The molecule has 0 saturated heterocycles. The number of hydrogen-bond donors (Lipinski definition) is 0. The van der Waals surface area contributed by atoms with Crippen molar-refractivity contribution in [2.75, 3.05) is 46.2 Å². The Morgan fingerprint density at radius 1 is 0.793 bits per heavy atom. The summed E-state index contributed by atoms with van der Waals surface area (Å²) in [6.07, 6.45) is -0.648. The van der Waals surface area contributed by atoms with Crippen LogP contribution in [0.15, 0.2) is 48.5 Å². The summed E-state index contributed by atoms with van der Waals surface area (Å²) in [5, 5.41) is 10.8. The van der Waals surface area contributed by atoms with Crippen molar-refractivity contribution in [3.63, 3.8) is 0 Å². The molecule has 8 nitrogen and oxygen atoms in total. The minimum Gasteiger partial charge on any atom is -0.548 e. The summed E-state index contributed by atoms with van der Waals surface area (Å²) in [7, 11) is 0. The van der Waals surface area contributed by atoms with Gasteiger partial charge in [-0.15, -0.1) is 0 Å². The maximum Gasteiger partial charge on any atom is 0.161 e. The van der Waals surface area contributed by atoms with Crippen LogP contribution in [-0.2, 0) is 14.3 Å². The Morgan fingerprint density at radius 2 is 1.24 bits per heavy atom. The number of aliphatic carboxylic acids is 1. The van der Waals surface area contributed by atoms with Crippen molar-refractivity contribution in [1.29, 1.82) is 0 Å². The first-order valence-corrected chi connectivity index (χ1v) is 9.31. The molecular formula is C21H23O8-. The largest absolute Gasteiger partial charge is 0.548 e. The number of fused-ring (bicyclic) bond motifs is 2. The Labute approximate surface area is 168 Å². The Bertz CT molecular complexity index is 723. The molecule has 1 heterocycles. The molecule has 0 unspecified atom stereocenters. The molecule has 0 bridgehead atoms. The first kappa shape index (κ1) is 20.8. The van der Waals surface area contributed by atoms with Gasteiger partial charge in [0.05, 0.1) is 25.8 Å². The van der Waals surface area contributed by atoms with Crippen molar-refractivity contribution in [3.05, 3.63) is 48.5 Å². The van der Waals surface area contributed by atoms with Gasteiger partial charge in [0.15, 0.2) is 23.0 Å². The van der Waals surface area contributed by atoms with Crippen LogP contribution in [0.25, 0.3) is 0 Å². The third-order valence-corrected chi connectivity index (χ3v) is 3.96. The molecule has 0 radical (unpaired) electrons. The van der Waals surface area contributed by atoms with Gasteiger partial charge in [0.1, 0.15) is 32.5 Å². The summed E-state index contributed by atoms with van der Waals surface area (Å²) in [6, 6.07) is 14.4. The SMILES string of the molecule is O=C([O-])COC1COc2ccccc2OCCOCCOc2ccccc2OC1. The van der Waals surface area contributed by atoms with Crippen LogP contribution in [0.1, 0.15) is 0 Å². The summed E-state index contributed by atoms with van der Waals surface area (Å²) < 4.78 is 33.9. The fourth-order valence-corrected chi connectivity index (χ4v) is 2.60. The topological polar surface area (TPSA) is 95.5 Å². The monoisotopic (exact) mass is 403 g/mol. The van der Waals surface area contributed by atoms with E-state index in [1.165, 1.54) is 0 Å². The second-order valence-electron chi connectivity index (χ2n) is 6.13. The minimum absolute atomic E-state index is 0.0627. The molecule has 2 aromatic carbocycles. The number of rotatable bonds is 3. The molecule has 0 fully saturated rings. The third kappa shape index (κ3) is 6.85. The number of carbonyl (C=O) groups is 1. The second kappa shape index (κ2) is 11.1. The standard InChI is InChI=1S/C21H24O8/c22-21(23)15-27-16-13-28-19-7-3-1-5-17(19)25-11-9-24-10-12-26-18-6-2-4-8-20(18)29-14-16/h1-8,16H,9-15H2,(H,22,23)/p-1. The predicted molar refractivity (Wildman–Crippen MR) is 100 cm³/mol. The van der Waals surface area contributed by atoms with E-state index in [4.69, 9.17) is 28.4 Å². The zero-order valence-electron chi connectivity index (χ0n) is 15.9. The van der Waals surface area contributed by atoms with Crippen molar-refractivity contribution in [3.8, 4) is 23.0 Å². The molecule has 29 heavy (non-hydrogen) atoms. The Hall–Kier alpha value is -2.97. The highest BCUT2D eigenvalue weighted by Gasteiger charge is 2.16. The lowest BCUT2D eigenvalue weighted by molar-refractivity contribution is -0.310. The molecule has 0 aromatic heterocycles. The van der Waals surface area contributed by atoms with Gasteiger partial charge < -0.3 is 38.3 Å². The van der Waals surface area contributed by atoms with Crippen molar-refractivity contribution in [2.45, 2.75) is 6.10 Å². The number of benzene rings is 2. The summed E-state index contributed by atoms with van der Waals surface area (Å²) in [4.78, 5) is 10.8. The van der Waals surface area contributed by atoms with Crippen LogP contribution in [0.5, 0.6) is 23.0 Å². The first-order valence-electron chi connectivity index (χ1n) is 9.31. The van der Waals surface area contributed by atoms with E-state index in [-0.39, 0.29) is 13.2 Å². The van der Waals surface area contributed by atoms with Crippen LogP contribution < -0.4 is 24.1 Å². The lowest BCUT2D eigenvalue weighted by Crippen LogP contribution is -2.35. The quantitative estimate of drug-likeness (QED) is 0.751. The predicted octanol–water partition coefficient (Wildman–Crippen LogP) is 1.07. The van der Waals surface area contributed by atoms with Crippen molar-refractivity contribution >= 4 is 5.97 Å². The van der Waals surface area contributed by atoms with E-state index >= 15 is 0 Å². The van der Waals surface area contributed by atoms with E-state index in [2.05, 4.69) is 0 Å². The van der Waals surface area contributed by atoms with E-state index in [0.717, 1.165) is 0 Å². The third-order valence-electron chi connectivity index (χ3n) is 3.96. The minimum atomic E-state index is -1.32. The number of carboxylic acids is 1. The van der Waals surface area contributed by atoms with Gasteiger partial charge in [-0.1, -0.05) is 24.3 Å². The highest BCUT2D eigenvalue weighted by atomic mass is 16.6. The number of ether oxygens (including phenoxy) is 6. The van der Waals surface area contributed by atoms with Gasteiger partial charge in [-0.2, -0.15) is 0 Å². The van der Waals surface area contributed by atoms with Gasteiger partial charge in [-0.05, 0) is 24.3 Å². The molecule has 1 aliphatic rings. The van der Waals surface area contributed by atoms with Gasteiger partial charge in [0.25, 0.3) is 0 Å². The Balaban J connectivity index is 1.74. The molecule has 156 valence electrons. The number of carboxylic acid groups (broad SMARTS) is 1. The van der Waals surface area contributed by atoms with Crippen LogP contribution in [-0.4, -0.2) is 58.3 Å². The highest BCUT2D eigenvalue weighted by Crippen LogP contribution is 2.28. The average molecular weight is 403 g/mol. The molecule has 8 heteroatoms. The molecule has 0 spiro atoms. The smallest absolute Gasteiger partial charge is 0.161 e. The fourth-order valence-electron chi connectivity index (χ4n) is 2.60. The zero-order valence-corrected chi connectivity index (χ0v) is 15.9. The van der Waals surface area contributed by atoms with Crippen molar-refractivity contribution in [2.24, 2.45) is 0 Å². The Kier molecular flexibility index (Phi) is 7.97. The van der Waals surface area contributed by atoms with Crippen molar-refractivity contribution < 1.29 is 38.3 Å². The van der Waals surface area contributed by atoms with Gasteiger partial charge in [-0.25, -0.2) is 0 Å². The summed E-state index contributed by atoms with van der Waals surface area (Å²) in [6.45, 7) is 1.06. The molecule has 0 saturated carbocycles. The maximum absolute atomic E-state index is 10.8. The molecule has 2 aromatic rings. The molecule has 0 atom stereocenters. The first-order chi connectivity index (χ1) is 14.2. The average Bonchev–Trinajstić information content (AvgIpc) is 2.73. The van der Waals surface area contributed by atoms with Gasteiger partial charge in [0, 0.05) is 0 Å². The maximum atomic E-state index is 10.8. The van der Waals surface area contributed by atoms with Gasteiger partial charge in [0.2, 0.25) is 0 Å². The fraction of sp³-hybridized carbons (Fsp3) is 0.381. The molecular weight excluding hydrogens is 380 g/mol. The summed E-state index contributed by atoms with van der Waals surface area (Å²) in [5.74, 6) is 0.842. The second-order valence-corrected chi connectivity index (χ2v) is 6.13. The zero-order chi connectivity index (χ0) is 20.3. The molecule has 1 aliphatic heterocycles. The highest BCUT2D eigenvalue weighted by molar-refractivity contribution is 5.65. The Morgan fingerprint density at radius 3 is 1.69 bits per heavy atom. The van der Waals surface area contributed by atoms with E-state index in [0.29, 0.717) is 49.4 Å². The van der Waals surface area contributed by atoms with Crippen LogP contribution >= 0.6 is 0 Å². The van der Waals surface area contributed by atoms with E-state index in [1.807, 2.05) is 24.3 Å².